The first-order valence-corrected chi connectivity index (χ1v) is 6.48. The molecule has 0 spiro atoms. The van der Waals surface area contributed by atoms with Gasteiger partial charge in [-0.1, -0.05) is 22.5 Å². The van der Waals surface area contributed by atoms with Gasteiger partial charge in [-0.15, -0.1) is 24.0 Å². The van der Waals surface area contributed by atoms with Crippen molar-refractivity contribution in [3.05, 3.63) is 11.1 Å². The average Bonchev–Trinajstić information content (AvgIpc) is 2.75. The standard InChI is InChI=1S/C11H20BrN3O.HI/c1-3-13-11(14-7-9(2)12)15-8-10-5-4-6-16-10;/h10H,2-8H2,1H3,(H2,13,14,15);1H. The summed E-state index contributed by atoms with van der Waals surface area (Å²) in [6.45, 7) is 8.95. The minimum absolute atomic E-state index is 0. The Morgan fingerprint density at radius 3 is 2.82 bits per heavy atom. The van der Waals surface area contributed by atoms with Crippen molar-refractivity contribution < 1.29 is 4.74 Å². The summed E-state index contributed by atoms with van der Waals surface area (Å²) >= 11 is 3.29. The summed E-state index contributed by atoms with van der Waals surface area (Å²) in [6, 6.07) is 0. The highest BCUT2D eigenvalue weighted by molar-refractivity contribution is 14.0. The van der Waals surface area contributed by atoms with E-state index >= 15 is 0 Å². The second-order valence-electron chi connectivity index (χ2n) is 3.73. The van der Waals surface area contributed by atoms with Crippen molar-refractivity contribution in [2.24, 2.45) is 4.99 Å². The quantitative estimate of drug-likeness (QED) is 0.409. The molecule has 2 N–H and O–H groups in total. The van der Waals surface area contributed by atoms with E-state index in [1.165, 1.54) is 0 Å². The van der Waals surface area contributed by atoms with Crippen LogP contribution in [-0.2, 0) is 4.74 Å². The minimum Gasteiger partial charge on any atom is -0.376 e. The van der Waals surface area contributed by atoms with Crippen LogP contribution < -0.4 is 10.6 Å². The van der Waals surface area contributed by atoms with Crippen LogP contribution in [0.2, 0.25) is 0 Å². The fourth-order valence-electron chi connectivity index (χ4n) is 1.52. The van der Waals surface area contributed by atoms with Crippen molar-refractivity contribution in [1.29, 1.82) is 0 Å². The van der Waals surface area contributed by atoms with Crippen LogP contribution in [0.15, 0.2) is 16.1 Å². The van der Waals surface area contributed by atoms with Gasteiger partial charge in [0.25, 0.3) is 0 Å². The number of rotatable bonds is 5. The van der Waals surface area contributed by atoms with E-state index in [4.69, 9.17) is 4.74 Å². The predicted molar refractivity (Wildman–Crippen MR) is 86.4 cm³/mol. The van der Waals surface area contributed by atoms with Crippen LogP contribution in [0.4, 0.5) is 0 Å². The van der Waals surface area contributed by atoms with Crippen molar-refractivity contribution in [3.63, 3.8) is 0 Å². The fourth-order valence-corrected chi connectivity index (χ4v) is 1.65. The molecule has 1 aliphatic heterocycles. The van der Waals surface area contributed by atoms with E-state index in [-0.39, 0.29) is 24.0 Å². The molecule has 1 fully saturated rings. The van der Waals surface area contributed by atoms with Crippen LogP contribution in [-0.4, -0.2) is 38.3 Å². The van der Waals surface area contributed by atoms with Crippen molar-refractivity contribution in [2.75, 3.05) is 26.2 Å². The van der Waals surface area contributed by atoms with E-state index in [9.17, 15) is 0 Å². The summed E-state index contributed by atoms with van der Waals surface area (Å²) in [6.07, 6.45) is 2.63. The van der Waals surface area contributed by atoms with Gasteiger partial charge in [0, 0.05) is 24.2 Å². The lowest BCUT2D eigenvalue weighted by molar-refractivity contribution is 0.114. The Morgan fingerprint density at radius 2 is 2.29 bits per heavy atom. The molecule has 1 heterocycles. The van der Waals surface area contributed by atoms with Crippen LogP contribution in [0.3, 0.4) is 0 Å². The highest BCUT2D eigenvalue weighted by Crippen LogP contribution is 2.10. The number of ether oxygens (including phenoxy) is 1. The molecule has 1 saturated heterocycles. The van der Waals surface area contributed by atoms with E-state index < -0.39 is 0 Å². The first-order valence-electron chi connectivity index (χ1n) is 5.69. The van der Waals surface area contributed by atoms with Crippen molar-refractivity contribution >= 4 is 45.9 Å². The molecule has 0 aromatic rings. The molecular weight excluding hydrogens is 397 g/mol. The number of halogens is 2. The Morgan fingerprint density at radius 1 is 1.53 bits per heavy atom. The molecule has 0 saturated carbocycles. The van der Waals surface area contributed by atoms with Crippen LogP contribution >= 0.6 is 39.9 Å². The first-order chi connectivity index (χ1) is 7.72. The molecule has 1 rings (SSSR count). The number of nitrogens with zero attached hydrogens (tertiary/aromatic N) is 1. The molecule has 0 aromatic heterocycles. The number of hydrogen-bond acceptors (Lipinski definition) is 2. The largest absolute Gasteiger partial charge is 0.376 e. The topological polar surface area (TPSA) is 45.7 Å². The predicted octanol–water partition coefficient (Wildman–Crippen LogP) is 2.25. The zero-order chi connectivity index (χ0) is 11.8. The highest BCUT2D eigenvalue weighted by atomic mass is 127. The third kappa shape index (κ3) is 7.99. The maximum absolute atomic E-state index is 5.53. The second kappa shape index (κ2) is 10.1. The lowest BCUT2D eigenvalue weighted by Gasteiger charge is -2.14. The molecule has 0 bridgehead atoms. The summed E-state index contributed by atoms with van der Waals surface area (Å²) in [7, 11) is 0. The molecule has 1 atom stereocenters. The van der Waals surface area contributed by atoms with Crippen molar-refractivity contribution in [2.45, 2.75) is 25.9 Å². The van der Waals surface area contributed by atoms with Crippen LogP contribution in [0.1, 0.15) is 19.8 Å². The summed E-state index contributed by atoms with van der Waals surface area (Å²) in [5.41, 5.74) is 0. The molecule has 1 unspecified atom stereocenters. The van der Waals surface area contributed by atoms with Crippen LogP contribution in [0.5, 0.6) is 0 Å². The summed E-state index contributed by atoms with van der Waals surface area (Å²) < 4.78 is 6.41. The zero-order valence-corrected chi connectivity index (χ0v) is 14.1. The Hall–Kier alpha value is 0.180. The van der Waals surface area contributed by atoms with Gasteiger partial charge in [-0.3, -0.25) is 0 Å². The van der Waals surface area contributed by atoms with Gasteiger partial charge in [-0.25, -0.2) is 4.99 Å². The van der Waals surface area contributed by atoms with E-state index in [1.54, 1.807) is 0 Å². The summed E-state index contributed by atoms with van der Waals surface area (Å²) in [5, 5.41) is 6.45. The Bertz CT molecular complexity index is 255. The number of nitrogens with one attached hydrogen (secondary N) is 2. The lowest BCUT2D eigenvalue weighted by atomic mass is 10.2. The molecule has 0 aliphatic carbocycles. The highest BCUT2D eigenvalue weighted by Gasteiger charge is 2.15. The smallest absolute Gasteiger partial charge is 0.191 e. The normalized spacial score (nSPS) is 19.6. The molecule has 6 heteroatoms. The summed E-state index contributed by atoms with van der Waals surface area (Å²) in [5.74, 6) is 0.818. The molecule has 0 amide bonds. The fraction of sp³-hybridized carbons (Fsp3) is 0.727. The van der Waals surface area contributed by atoms with E-state index in [2.05, 4.69) is 38.1 Å². The van der Waals surface area contributed by atoms with Crippen LogP contribution in [0, 0.1) is 0 Å². The number of guanidine groups is 1. The Labute approximate surface area is 129 Å². The number of hydrogen-bond donors (Lipinski definition) is 2. The van der Waals surface area contributed by atoms with Gasteiger partial charge in [0.2, 0.25) is 0 Å². The third-order valence-corrected chi connectivity index (χ3v) is 2.52. The van der Waals surface area contributed by atoms with Gasteiger partial charge in [-0.2, -0.15) is 0 Å². The van der Waals surface area contributed by atoms with Gasteiger partial charge in [-0.05, 0) is 19.8 Å². The van der Waals surface area contributed by atoms with Gasteiger partial charge in [0.15, 0.2) is 5.96 Å². The van der Waals surface area contributed by atoms with Crippen LogP contribution in [0.25, 0.3) is 0 Å². The Balaban J connectivity index is 0.00000256. The molecule has 0 radical (unpaired) electrons. The maximum Gasteiger partial charge on any atom is 0.191 e. The minimum atomic E-state index is 0. The van der Waals surface area contributed by atoms with Crippen molar-refractivity contribution in [1.82, 2.24) is 10.6 Å². The van der Waals surface area contributed by atoms with Crippen molar-refractivity contribution in [3.8, 4) is 0 Å². The Kier molecular flexibility index (Phi) is 10.2. The molecule has 1 aliphatic rings. The van der Waals surface area contributed by atoms with Gasteiger partial charge in [0.05, 0.1) is 12.6 Å². The average molecular weight is 418 g/mol. The molecule has 0 aromatic carbocycles. The lowest BCUT2D eigenvalue weighted by Crippen LogP contribution is -2.41. The van der Waals surface area contributed by atoms with Gasteiger partial charge in [0.1, 0.15) is 0 Å². The number of aliphatic imine (C=N–C) groups is 1. The maximum atomic E-state index is 5.53. The monoisotopic (exact) mass is 417 g/mol. The molecular formula is C11H21BrIN3O. The third-order valence-electron chi connectivity index (χ3n) is 2.27. The van der Waals surface area contributed by atoms with Gasteiger partial charge < -0.3 is 15.4 Å². The molecule has 4 nitrogen and oxygen atoms in total. The second-order valence-corrected chi connectivity index (χ2v) is 4.85. The van der Waals surface area contributed by atoms with E-state index in [0.29, 0.717) is 12.6 Å². The summed E-state index contributed by atoms with van der Waals surface area (Å²) in [4.78, 5) is 4.37. The van der Waals surface area contributed by atoms with E-state index in [1.807, 2.05) is 6.92 Å². The first kappa shape index (κ1) is 17.2. The SMILES string of the molecule is C=C(Br)CN=C(NCC)NCC1CCCO1.I. The molecule has 100 valence electrons. The zero-order valence-electron chi connectivity index (χ0n) is 10.2. The van der Waals surface area contributed by atoms with Gasteiger partial charge >= 0.3 is 0 Å². The van der Waals surface area contributed by atoms with E-state index in [0.717, 1.165) is 43.0 Å². The molecule has 17 heavy (non-hydrogen) atoms.